The maximum absolute atomic E-state index is 5.41. The van der Waals surface area contributed by atoms with Crippen molar-refractivity contribution in [1.29, 1.82) is 0 Å². The summed E-state index contributed by atoms with van der Waals surface area (Å²) >= 11 is 1.57. The summed E-state index contributed by atoms with van der Waals surface area (Å²) in [5, 5.41) is 2.85. The molecule has 0 aliphatic carbocycles. The standard InChI is InChI=1S/C11H10N2O2S/c1-2-8(10-12-4-7-16-10)13-9(3-1)11-14-5-6-15-11/h1-4,7,11H,5-6H2. The van der Waals surface area contributed by atoms with Crippen LogP contribution >= 0.6 is 11.3 Å². The van der Waals surface area contributed by atoms with Gasteiger partial charge in [-0.1, -0.05) is 6.07 Å². The summed E-state index contributed by atoms with van der Waals surface area (Å²) in [6.45, 7) is 1.27. The third-order valence-corrected chi connectivity index (χ3v) is 3.08. The van der Waals surface area contributed by atoms with Crippen LogP contribution in [-0.2, 0) is 9.47 Å². The van der Waals surface area contributed by atoms with E-state index in [1.807, 2.05) is 23.6 Å². The Morgan fingerprint density at radius 3 is 2.88 bits per heavy atom. The lowest BCUT2D eigenvalue weighted by Crippen LogP contribution is -2.01. The van der Waals surface area contributed by atoms with Crippen LogP contribution in [-0.4, -0.2) is 23.2 Å². The topological polar surface area (TPSA) is 44.2 Å². The van der Waals surface area contributed by atoms with Crippen molar-refractivity contribution < 1.29 is 9.47 Å². The number of hydrogen-bond donors (Lipinski definition) is 0. The van der Waals surface area contributed by atoms with E-state index in [4.69, 9.17) is 9.47 Å². The van der Waals surface area contributed by atoms with E-state index in [1.165, 1.54) is 0 Å². The van der Waals surface area contributed by atoms with Gasteiger partial charge in [-0.2, -0.15) is 0 Å². The van der Waals surface area contributed by atoms with Gasteiger partial charge >= 0.3 is 0 Å². The Labute approximate surface area is 96.9 Å². The maximum atomic E-state index is 5.41. The van der Waals surface area contributed by atoms with E-state index < -0.39 is 0 Å². The van der Waals surface area contributed by atoms with Crippen molar-refractivity contribution in [1.82, 2.24) is 9.97 Å². The summed E-state index contributed by atoms with van der Waals surface area (Å²) in [5.41, 5.74) is 1.68. The third-order valence-electron chi connectivity index (χ3n) is 2.29. The molecule has 3 heterocycles. The molecule has 2 aromatic rings. The van der Waals surface area contributed by atoms with Crippen LogP contribution in [0.1, 0.15) is 12.0 Å². The third kappa shape index (κ3) is 1.84. The number of rotatable bonds is 2. The van der Waals surface area contributed by atoms with E-state index in [-0.39, 0.29) is 6.29 Å². The molecule has 1 saturated heterocycles. The van der Waals surface area contributed by atoms with Gasteiger partial charge in [0.05, 0.1) is 24.6 Å². The van der Waals surface area contributed by atoms with Crippen LogP contribution in [0.5, 0.6) is 0 Å². The fourth-order valence-electron chi connectivity index (χ4n) is 1.58. The van der Waals surface area contributed by atoms with Gasteiger partial charge in [-0.3, -0.25) is 0 Å². The molecule has 0 bridgehead atoms. The van der Waals surface area contributed by atoms with Crippen molar-refractivity contribution in [2.45, 2.75) is 6.29 Å². The van der Waals surface area contributed by atoms with Crippen molar-refractivity contribution in [2.75, 3.05) is 13.2 Å². The van der Waals surface area contributed by atoms with Crippen LogP contribution in [0.15, 0.2) is 29.8 Å². The van der Waals surface area contributed by atoms with E-state index in [1.54, 1.807) is 17.5 Å². The molecular formula is C11H10N2O2S. The highest BCUT2D eigenvalue weighted by atomic mass is 32.1. The van der Waals surface area contributed by atoms with Crippen molar-refractivity contribution in [2.24, 2.45) is 0 Å². The molecule has 5 heteroatoms. The summed E-state index contributed by atoms with van der Waals surface area (Å²) in [5.74, 6) is 0. The number of ether oxygens (including phenoxy) is 2. The molecule has 3 rings (SSSR count). The Bertz CT molecular complexity index is 467. The second-order valence-electron chi connectivity index (χ2n) is 3.36. The SMILES string of the molecule is c1cc(-c2nccs2)nc(C2OCCO2)c1. The number of thiazole rings is 1. The largest absolute Gasteiger partial charge is 0.345 e. The molecule has 0 saturated carbocycles. The summed E-state index contributed by atoms with van der Waals surface area (Å²) in [4.78, 5) is 8.72. The Morgan fingerprint density at radius 1 is 1.25 bits per heavy atom. The minimum Gasteiger partial charge on any atom is -0.345 e. The Balaban J connectivity index is 1.93. The van der Waals surface area contributed by atoms with Gasteiger partial charge in [-0.05, 0) is 12.1 Å². The summed E-state index contributed by atoms with van der Waals surface area (Å²) in [7, 11) is 0. The minimum absolute atomic E-state index is 0.320. The van der Waals surface area contributed by atoms with Crippen molar-refractivity contribution in [3.05, 3.63) is 35.5 Å². The van der Waals surface area contributed by atoms with Crippen LogP contribution in [0, 0.1) is 0 Å². The maximum Gasteiger partial charge on any atom is 0.201 e. The highest BCUT2D eigenvalue weighted by Crippen LogP contribution is 2.25. The fourth-order valence-corrected chi connectivity index (χ4v) is 2.19. The van der Waals surface area contributed by atoms with Crippen molar-refractivity contribution in [3.63, 3.8) is 0 Å². The lowest BCUT2D eigenvalue weighted by atomic mass is 10.3. The van der Waals surface area contributed by atoms with Crippen LogP contribution in [0.4, 0.5) is 0 Å². The molecule has 0 unspecified atom stereocenters. The lowest BCUT2D eigenvalue weighted by Gasteiger charge is -2.08. The average molecular weight is 234 g/mol. The number of nitrogens with zero attached hydrogens (tertiary/aromatic N) is 2. The zero-order valence-corrected chi connectivity index (χ0v) is 9.31. The molecule has 0 atom stereocenters. The molecular weight excluding hydrogens is 224 g/mol. The van der Waals surface area contributed by atoms with Gasteiger partial charge < -0.3 is 9.47 Å². The van der Waals surface area contributed by atoms with Gasteiger partial charge in [0.25, 0.3) is 0 Å². The zero-order valence-electron chi connectivity index (χ0n) is 8.50. The van der Waals surface area contributed by atoms with Crippen molar-refractivity contribution >= 4 is 11.3 Å². The van der Waals surface area contributed by atoms with Crippen molar-refractivity contribution in [3.8, 4) is 10.7 Å². The smallest absolute Gasteiger partial charge is 0.201 e. The van der Waals surface area contributed by atoms with Gasteiger partial charge in [0.2, 0.25) is 6.29 Å². The second kappa shape index (κ2) is 4.29. The minimum atomic E-state index is -0.320. The van der Waals surface area contributed by atoms with Crippen LogP contribution < -0.4 is 0 Å². The van der Waals surface area contributed by atoms with Crippen LogP contribution in [0.3, 0.4) is 0 Å². The number of pyridine rings is 1. The van der Waals surface area contributed by atoms with E-state index in [0.29, 0.717) is 13.2 Å². The quantitative estimate of drug-likeness (QED) is 0.799. The van der Waals surface area contributed by atoms with Gasteiger partial charge in [0, 0.05) is 11.6 Å². The molecule has 1 aliphatic rings. The summed E-state index contributed by atoms with van der Waals surface area (Å²) in [6.07, 6.45) is 1.46. The molecule has 1 fully saturated rings. The van der Waals surface area contributed by atoms with Gasteiger partial charge in [0.15, 0.2) is 0 Å². The molecule has 0 amide bonds. The normalized spacial score (nSPS) is 16.8. The first-order valence-corrected chi connectivity index (χ1v) is 5.91. The van der Waals surface area contributed by atoms with E-state index in [0.717, 1.165) is 16.4 Å². The van der Waals surface area contributed by atoms with E-state index in [2.05, 4.69) is 9.97 Å². The highest BCUT2D eigenvalue weighted by Gasteiger charge is 2.20. The first-order chi connectivity index (χ1) is 7.93. The van der Waals surface area contributed by atoms with E-state index >= 15 is 0 Å². The Morgan fingerprint density at radius 2 is 2.12 bits per heavy atom. The number of aromatic nitrogens is 2. The number of hydrogen-bond acceptors (Lipinski definition) is 5. The first kappa shape index (κ1) is 9.89. The Hall–Kier alpha value is -1.30. The average Bonchev–Trinajstić information content (AvgIpc) is 3.03. The predicted molar refractivity (Wildman–Crippen MR) is 60.0 cm³/mol. The fraction of sp³-hybridized carbons (Fsp3) is 0.273. The monoisotopic (exact) mass is 234 g/mol. The summed E-state index contributed by atoms with van der Waals surface area (Å²) < 4.78 is 10.8. The molecule has 1 aliphatic heterocycles. The van der Waals surface area contributed by atoms with Crippen LogP contribution in [0.25, 0.3) is 10.7 Å². The molecule has 0 N–H and O–H groups in total. The van der Waals surface area contributed by atoms with E-state index in [9.17, 15) is 0 Å². The molecule has 16 heavy (non-hydrogen) atoms. The van der Waals surface area contributed by atoms with Gasteiger partial charge in [-0.15, -0.1) is 11.3 Å². The zero-order chi connectivity index (χ0) is 10.8. The lowest BCUT2D eigenvalue weighted by molar-refractivity contribution is -0.0472. The first-order valence-electron chi connectivity index (χ1n) is 5.03. The predicted octanol–water partition coefficient (Wildman–Crippen LogP) is 2.25. The van der Waals surface area contributed by atoms with Gasteiger partial charge in [0.1, 0.15) is 5.01 Å². The van der Waals surface area contributed by atoms with Gasteiger partial charge in [-0.25, -0.2) is 9.97 Å². The molecule has 0 aromatic carbocycles. The molecule has 2 aromatic heterocycles. The molecule has 4 nitrogen and oxygen atoms in total. The molecule has 0 radical (unpaired) electrons. The van der Waals surface area contributed by atoms with Crippen LogP contribution in [0.2, 0.25) is 0 Å². The summed E-state index contributed by atoms with van der Waals surface area (Å²) in [6, 6.07) is 5.80. The highest BCUT2D eigenvalue weighted by molar-refractivity contribution is 7.13. The second-order valence-corrected chi connectivity index (χ2v) is 4.25. The molecule has 82 valence electrons. The Kier molecular flexibility index (Phi) is 2.65. The molecule has 0 spiro atoms.